The number of hydrogen-bond donors (Lipinski definition) is 4. The van der Waals surface area contributed by atoms with Crippen LogP contribution in [0.4, 0.5) is 0 Å². The third-order valence-corrected chi connectivity index (χ3v) is 6.64. The molecule has 1 aromatic carbocycles. The lowest BCUT2D eigenvalue weighted by Gasteiger charge is -2.40. The molecule has 0 unspecified atom stereocenters. The van der Waals surface area contributed by atoms with Gasteiger partial charge < -0.3 is 29.9 Å². The van der Waals surface area contributed by atoms with Gasteiger partial charge >= 0.3 is 5.97 Å². The molecule has 0 aromatic heterocycles. The normalized spacial score (nSPS) is 29.8. The van der Waals surface area contributed by atoms with Crippen LogP contribution >= 0.6 is 0 Å². The molecule has 0 bridgehead atoms. The van der Waals surface area contributed by atoms with Crippen LogP contribution in [0.5, 0.6) is 5.75 Å². The Bertz CT molecular complexity index is 905. The average molecular weight is 461 g/mol. The van der Waals surface area contributed by atoms with Crippen molar-refractivity contribution in [1.82, 2.24) is 0 Å². The third kappa shape index (κ3) is 5.63. The molecular weight excluding hydrogens is 428 g/mol. The number of phenols is 1. The predicted octanol–water partition coefficient (Wildman–Crippen LogP) is 2.30. The Labute approximate surface area is 193 Å². The maximum absolute atomic E-state index is 12.7. The molecule has 8 heteroatoms. The number of carbonyl (C=O) groups excluding carboxylic acids is 2. The fourth-order valence-electron chi connectivity index (χ4n) is 4.51. The van der Waals surface area contributed by atoms with Gasteiger partial charge in [-0.3, -0.25) is 9.59 Å². The monoisotopic (exact) mass is 460 g/mol. The second-order valence-electron chi connectivity index (χ2n) is 9.01. The first kappa shape index (κ1) is 25.0. The van der Waals surface area contributed by atoms with E-state index in [1.54, 1.807) is 18.2 Å². The van der Waals surface area contributed by atoms with Crippen molar-refractivity contribution in [2.24, 2.45) is 17.8 Å². The first-order valence-electron chi connectivity index (χ1n) is 11.2. The van der Waals surface area contributed by atoms with E-state index in [1.807, 2.05) is 13.8 Å². The van der Waals surface area contributed by atoms with Crippen molar-refractivity contribution < 1.29 is 39.5 Å². The third-order valence-electron chi connectivity index (χ3n) is 6.64. The molecule has 6 atom stereocenters. The van der Waals surface area contributed by atoms with Crippen molar-refractivity contribution in [3.05, 3.63) is 47.7 Å². The number of aliphatic hydroxyl groups excluding tert-OH is 2. The second-order valence-corrected chi connectivity index (χ2v) is 9.01. The van der Waals surface area contributed by atoms with E-state index in [1.165, 1.54) is 24.5 Å². The summed E-state index contributed by atoms with van der Waals surface area (Å²) in [6, 6.07) is 6.25. The lowest BCUT2D eigenvalue weighted by atomic mass is 9.77. The van der Waals surface area contributed by atoms with Crippen LogP contribution in [0.3, 0.4) is 0 Å². The van der Waals surface area contributed by atoms with Gasteiger partial charge in [0, 0.05) is 18.8 Å². The van der Waals surface area contributed by atoms with E-state index in [-0.39, 0.29) is 31.1 Å². The Morgan fingerprint density at radius 3 is 2.64 bits per heavy atom. The molecule has 8 nitrogen and oxygen atoms in total. The minimum Gasteiger partial charge on any atom is -0.508 e. The number of carbonyl (C=O) groups is 2. The van der Waals surface area contributed by atoms with Gasteiger partial charge in [-0.1, -0.05) is 38.5 Å². The second kappa shape index (κ2) is 10.5. The predicted molar refractivity (Wildman–Crippen MR) is 120 cm³/mol. The topological polar surface area (TPSA) is 134 Å². The number of phenolic OH excluding ortho intramolecular Hbond substituents is 1. The number of rotatable bonds is 9. The van der Waals surface area contributed by atoms with Crippen LogP contribution in [0.2, 0.25) is 0 Å². The molecule has 1 aromatic rings. The summed E-state index contributed by atoms with van der Waals surface area (Å²) in [5.41, 5.74) is -0.755. The molecule has 1 fully saturated rings. The Kier molecular flexibility index (Phi) is 7.94. The minimum absolute atomic E-state index is 0.102. The van der Waals surface area contributed by atoms with Gasteiger partial charge in [-0.05, 0) is 41.7 Å². The number of ether oxygens (including phenoxy) is 2. The van der Waals surface area contributed by atoms with Crippen LogP contribution in [0.1, 0.15) is 45.1 Å². The molecule has 1 aliphatic carbocycles. The molecular formula is C25H32O8. The summed E-state index contributed by atoms with van der Waals surface area (Å²) >= 11 is 0. The van der Waals surface area contributed by atoms with E-state index >= 15 is 0 Å². The van der Waals surface area contributed by atoms with Gasteiger partial charge in [0.15, 0.2) is 5.78 Å². The maximum atomic E-state index is 12.7. The number of ketones is 1. The van der Waals surface area contributed by atoms with Gasteiger partial charge in [0.1, 0.15) is 11.4 Å². The first-order chi connectivity index (χ1) is 15.7. The Morgan fingerprint density at radius 1 is 1.30 bits per heavy atom. The number of aliphatic hydroxyl groups is 3. The van der Waals surface area contributed by atoms with Crippen LogP contribution in [0, 0.1) is 17.8 Å². The van der Waals surface area contributed by atoms with Crippen molar-refractivity contribution in [2.45, 2.75) is 57.5 Å². The van der Waals surface area contributed by atoms with Crippen LogP contribution in [-0.2, 0) is 19.1 Å². The van der Waals surface area contributed by atoms with Gasteiger partial charge in [0.2, 0.25) is 6.29 Å². The summed E-state index contributed by atoms with van der Waals surface area (Å²) in [6.07, 6.45) is 2.36. The molecule has 0 radical (unpaired) electrons. The van der Waals surface area contributed by atoms with Gasteiger partial charge in [-0.25, -0.2) is 0 Å². The van der Waals surface area contributed by atoms with E-state index in [0.717, 1.165) is 6.42 Å². The SMILES string of the molecule is CC[C@H](C)CC(=O)O[C@@H]1OC=C(CO)[C@H]2C[C@H](O)[C@](O)(CC(=O)/C=C/c3ccc(O)cc3)[C@@H]12. The van der Waals surface area contributed by atoms with Crippen molar-refractivity contribution >= 4 is 17.8 Å². The number of aromatic hydroxyl groups is 1. The van der Waals surface area contributed by atoms with Crippen molar-refractivity contribution in [1.29, 1.82) is 0 Å². The standard InChI is InChI=1S/C25H32O8/c1-3-15(2)10-22(30)33-24-23-20(17(13-26)14-32-24)11-21(29)25(23,31)12-19(28)9-6-16-4-7-18(27)8-5-16/h4-9,14-15,20-21,23-24,26-27,29,31H,3,10-13H2,1-2H3/b9-6+/t15-,20+,21-,23+,24-,25+/m0/s1. The van der Waals surface area contributed by atoms with Gasteiger partial charge in [-0.2, -0.15) is 0 Å². The lowest BCUT2D eigenvalue weighted by Crippen LogP contribution is -2.52. The highest BCUT2D eigenvalue weighted by molar-refractivity contribution is 5.94. The Hall–Kier alpha value is -2.68. The van der Waals surface area contributed by atoms with Gasteiger partial charge in [0.25, 0.3) is 0 Å². The summed E-state index contributed by atoms with van der Waals surface area (Å²) in [5.74, 6) is -2.12. The van der Waals surface area contributed by atoms with E-state index in [4.69, 9.17) is 9.47 Å². The Morgan fingerprint density at radius 2 is 2.00 bits per heavy atom. The maximum Gasteiger partial charge on any atom is 0.309 e. The number of fused-ring (bicyclic) bond motifs is 1. The fourth-order valence-corrected chi connectivity index (χ4v) is 4.51. The molecule has 1 heterocycles. The summed E-state index contributed by atoms with van der Waals surface area (Å²) in [7, 11) is 0. The van der Waals surface area contributed by atoms with E-state index in [2.05, 4.69) is 0 Å². The van der Waals surface area contributed by atoms with E-state index in [0.29, 0.717) is 11.1 Å². The fraction of sp³-hybridized carbons (Fsp3) is 0.520. The minimum atomic E-state index is -1.91. The smallest absolute Gasteiger partial charge is 0.309 e. The molecule has 1 aliphatic heterocycles. The zero-order chi connectivity index (χ0) is 24.2. The zero-order valence-electron chi connectivity index (χ0n) is 18.9. The zero-order valence-corrected chi connectivity index (χ0v) is 18.9. The molecule has 180 valence electrons. The first-order valence-corrected chi connectivity index (χ1v) is 11.2. The largest absolute Gasteiger partial charge is 0.508 e. The summed E-state index contributed by atoms with van der Waals surface area (Å²) in [4.78, 5) is 25.1. The lowest BCUT2D eigenvalue weighted by molar-refractivity contribution is -0.212. The van der Waals surface area contributed by atoms with E-state index < -0.39 is 48.0 Å². The summed E-state index contributed by atoms with van der Waals surface area (Å²) in [5, 5.41) is 41.3. The summed E-state index contributed by atoms with van der Waals surface area (Å²) < 4.78 is 11.1. The molecule has 3 rings (SSSR count). The average Bonchev–Trinajstić information content (AvgIpc) is 3.04. The number of esters is 1. The van der Waals surface area contributed by atoms with Gasteiger partial charge in [0.05, 0.1) is 24.9 Å². The highest BCUT2D eigenvalue weighted by atomic mass is 16.7. The van der Waals surface area contributed by atoms with Crippen molar-refractivity contribution in [3.63, 3.8) is 0 Å². The van der Waals surface area contributed by atoms with Crippen LogP contribution in [-0.4, -0.2) is 56.8 Å². The van der Waals surface area contributed by atoms with E-state index in [9.17, 15) is 30.0 Å². The molecule has 4 N–H and O–H groups in total. The molecule has 2 aliphatic rings. The van der Waals surface area contributed by atoms with Crippen molar-refractivity contribution in [3.8, 4) is 5.75 Å². The van der Waals surface area contributed by atoms with Crippen LogP contribution in [0.25, 0.3) is 6.08 Å². The number of benzene rings is 1. The highest BCUT2D eigenvalue weighted by Crippen LogP contribution is 2.50. The van der Waals surface area contributed by atoms with Gasteiger partial charge in [-0.15, -0.1) is 0 Å². The molecule has 1 saturated carbocycles. The highest BCUT2D eigenvalue weighted by Gasteiger charge is 2.61. The molecule has 0 amide bonds. The number of hydrogen-bond acceptors (Lipinski definition) is 8. The van der Waals surface area contributed by atoms with Crippen LogP contribution < -0.4 is 0 Å². The van der Waals surface area contributed by atoms with Crippen LogP contribution in [0.15, 0.2) is 42.2 Å². The molecule has 33 heavy (non-hydrogen) atoms. The molecule has 0 spiro atoms. The van der Waals surface area contributed by atoms with Crippen molar-refractivity contribution in [2.75, 3.05) is 6.61 Å². The summed E-state index contributed by atoms with van der Waals surface area (Å²) in [6.45, 7) is 3.54. The Balaban J connectivity index is 1.79. The quantitative estimate of drug-likeness (QED) is 0.326. The molecule has 0 saturated heterocycles. The number of allylic oxidation sites excluding steroid dienone is 1.